The number of benzene rings is 1. The molecule has 0 saturated carbocycles. The summed E-state index contributed by atoms with van der Waals surface area (Å²) >= 11 is 0. The molecule has 2 aromatic rings. The highest BCUT2D eigenvalue weighted by molar-refractivity contribution is 5.51. The van der Waals surface area contributed by atoms with Gasteiger partial charge in [0.2, 0.25) is 5.88 Å². The van der Waals surface area contributed by atoms with Crippen LogP contribution in [0.2, 0.25) is 0 Å². The molecule has 0 atom stereocenters. The Morgan fingerprint density at radius 1 is 1.14 bits per heavy atom. The lowest BCUT2D eigenvalue weighted by molar-refractivity contribution is -0.138. The number of nitrogen functional groups attached to an aromatic ring is 1. The second kappa shape index (κ2) is 5.63. The Labute approximate surface area is 120 Å². The van der Waals surface area contributed by atoms with Crippen molar-refractivity contribution in [2.45, 2.75) is 26.6 Å². The molecule has 0 amide bonds. The highest BCUT2D eigenvalue weighted by Crippen LogP contribution is 2.34. The summed E-state index contributed by atoms with van der Waals surface area (Å²) in [5.41, 5.74) is 6.32. The van der Waals surface area contributed by atoms with Gasteiger partial charge in [0, 0.05) is 22.5 Å². The number of hydrogen-bond donors (Lipinski definition) is 1. The number of rotatable bonds is 3. The molecular formula is C15H15F3N2O. The van der Waals surface area contributed by atoms with E-state index in [4.69, 9.17) is 10.5 Å². The first-order valence-corrected chi connectivity index (χ1v) is 6.30. The van der Waals surface area contributed by atoms with E-state index in [9.17, 15) is 13.2 Å². The monoisotopic (exact) mass is 296 g/mol. The van der Waals surface area contributed by atoms with Gasteiger partial charge < -0.3 is 10.5 Å². The Hall–Kier alpha value is -2.24. The van der Waals surface area contributed by atoms with Gasteiger partial charge >= 0.3 is 6.18 Å². The average Bonchev–Trinajstić information content (AvgIpc) is 2.39. The van der Waals surface area contributed by atoms with Crippen LogP contribution in [-0.2, 0) is 12.8 Å². The molecular weight excluding hydrogens is 281 g/mol. The third-order valence-corrected chi connectivity index (χ3v) is 3.06. The number of aryl methyl sites for hydroxylation is 2. The van der Waals surface area contributed by atoms with Crippen molar-refractivity contribution in [3.05, 3.63) is 52.7 Å². The number of pyridine rings is 1. The van der Waals surface area contributed by atoms with Crippen molar-refractivity contribution in [3.8, 4) is 5.88 Å². The molecule has 0 unspecified atom stereocenters. The van der Waals surface area contributed by atoms with Crippen LogP contribution in [0.4, 0.5) is 18.9 Å². The van der Waals surface area contributed by atoms with Crippen molar-refractivity contribution < 1.29 is 17.9 Å². The summed E-state index contributed by atoms with van der Waals surface area (Å²) in [6, 6.07) is 7.30. The summed E-state index contributed by atoms with van der Waals surface area (Å²) in [5, 5.41) is 0. The molecule has 1 aromatic carbocycles. The molecule has 2 N–H and O–H groups in total. The standard InChI is InChI=1S/C15H15F3N2O/c1-9-6-7-10(2)20-14(9)21-8-11-12(15(16,17)18)4-3-5-13(11)19/h3-7H,8,19H2,1-2H3. The number of hydrogen-bond acceptors (Lipinski definition) is 3. The summed E-state index contributed by atoms with van der Waals surface area (Å²) in [6.07, 6.45) is -4.47. The van der Waals surface area contributed by atoms with Gasteiger partial charge in [-0.25, -0.2) is 4.98 Å². The van der Waals surface area contributed by atoms with Crippen molar-refractivity contribution in [2.24, 2.45) is 0 Å². The number of anilines is 1. The van der Waals surface area contributed by atoms with Crippen LogP contribution in [0.1, 0.15) is 22.4 Å². The lowest BCUT2D eigenvalue weighted by atomic mass is 10.1. The predicted octanol–water partition coefficient (Wildman–Crippen LogP) is 3.88. The average molecular weight is 296 g/mol. The lowest BCUT2D eigenvalue weighted by Crippen LogP contribution is -2.13. The van der Waals surface area contributed by atoms with Gasteiger partial charge in [0.15, 0.2) is 0 Å². The Bertz CT molecular complexity index is 654. The molecule has 112 valence electrons. The van der Waals surface area contributed by atoms with E-state index in [1.54, 1.807) is 26.0 Å². The van der Waals surface area contributed by atoms with E-state index in [1.807, 2.05) is 0 Å². The number of nitrogens with two attached hydrogens (primary N) is 1. The van der Waals surface area contributed by atoms with Crippen molar-refractivity contribution >= 4 is 5.69 Å². The maximum absolute atomic E-state index is 13.0. The molecule has 0 aliphatic carbocycles. The fourth-order valence-corrected chi connectivity index (χ4v) is 1.92. The largest absolute Gasteiger partial charge is 0.472 e. The highest BCUT2D eigenvalue weighted by Gasteiger charge is 2.34. The summed E-state index contributed by atoms with van der Waals surface area (Å²) in [6.45, 7) is 3.28. The maximum atomic E-state index is 13.0. The topological polar surface area (TPSA) is 48.1 Å². The summed E-state index contributed by atoms with van der Waals surface area (Å²) in [7, 11) is 0. The number of alkyl halides is 3. The summed E-state index contributed by atoms with van der Waals surface area (Å²) in [5.74, 6) is 0.311. The van der Waals surface area contributed by atoms with E-state index < -0.39 is 11.7 Å². The van der Waals surface area contributed by atoms with Gasteiger partial charge in [-0.05, 0) is 32.0 Å². The Kier molecular flexibility index (Phi) is 4.06. The zero-order chi connectivity index (χ0) is 15.6. The van der Waals surface area contributed by atoms with Gasteiger partial charge in [-0.15, -0.1) is 0 Å². The first-order chi connectivity index (χ1) is 9.79. The van der Waals surface area contributed by atoms with Gasteiger partial charge in [-0.1, -0.05) is 12.1 Å². The molecule has 6 heteroatoms. The lowest BCUT2D eigenvalue weighted by Gasteiger charge is -2.16. The van der Waals surface area contributed by atoms with Crippen LogP contribution in [0.15, 0.2) is 30.3 Å². The first-order valence-electron chi connectivity index (χ1n) is 6.30. The van der Waals surface area contributed by atoms with Gasteiger partial charge in [0.25, 0.3) is 0 Å². The van der Waals surface area contributed by atoms with Crippen LogP contribution < -0.4 is 10.5 Å². The van der Waals surface area contributed by atoms with E-state index in [0.717, 1.165) is 17.3 Å². The normalized spacial score (nSPS) is 11.5. The fourth-order valence-electron chi connectivity index (χ4n) is 1.92. The molecule has 21 heavy (non-hydrogen) atoms. The van der Waals surface area contributed by atoms with Crippen LogP contribution >= 0.6 is 0 Å². The predicted molar refractivity (Wildman–Crippen MR) is 73.9 cm³/mol. The summed E-state index contributed by atoms with van der Waals surface area (Å²) in [4.78, 5) is 4.17. The quantitative estimate of drug-likeness (QED) is 0.874. The minimum Gasteiger partial charge on any atom is -0.472 e. The smallest absolute Gasteiger partial charge is 0.416 e. The molecule has 0 saturated heterocycles. The van der Waals surface area contributed by atoms with Crippen LogP contribution in [0.5, 0.6) is 5.88 Å². The molecule has 1 aromatic heterocycles. The van der Waals surface area contributed by atoms with E-state index in [1.165, 1.54) is 12.1 Å². The maximum Gasteiger partial charge on any atom is 0.416 e. The third-order valence-electron chi connectivity index (χ3n) is 3.06. The zero-order valence-electron chi connectivity index (χ0n) is 11.7. The molecule has 0 spiro atoms. The van der Waals surface area contributed by atoms with E-state index in [-0.39, 0.29) is 17.9 Å². The minimum atomic E-state index is -4.47. The fraction of sp³-hybridized carbons (Fsp3) is 0.267. The molecule has 3 nitrogen and oxygen atoms in total. The van der Waals surface area contributed by atoms with Crippen molar-refractivity contribution in [3.63, 3.8) is 0 Å². The number of nitrogens with zero attached hydrogens (tertiary/aromatic N) is 1. The van der Waals surface area contributed by atoms with Gasteiger partial charge in [-0.3, -0.25) is 0 Å². The second-order valence-electron chi connectivity index (χ2n) is 4.73. The minimum absolute atomic E-state index is 0.0510. The van der Waals surface area contributed by atoms with Crippen LogP contribution in [-0.4, -0.2) is 4.98 Å². The van der Waals surface area contributed by atoms with Crippen LogP contribution in [0.25, 0.3) is 0 Å². The van der Waals surface area contributed by atoms with Crippen molar-refractivity contribution in [1.82, 2.24) is 4.98 Å². The van der Waals surface area contributed by atoms with Crippen molar-refractivity contribution in [1.29, 1.82) is 0 Å². The molecule has 0 radical (unpaired) electrons. The van der Waals surface area contributed by atoms with Gasteiger partial charge in [-0.2, -0.15) is 13.2 Å². The molecule has 2 rings (SSSR count). The van der Waals surface area contributed by atoms with Gasteiger partial charge in [0.05, 0.1) is 5.56 Å². The van der Waals surface area contributed by atoms with Gasteiger partial charge in [0.1, 0.15) is 6.61 Å². The molecule has 0 aliphatic heterocycles. The highest BCUT2D eigenvalue weighted by atomic mass is 19.4. The molecule has 0 aliphatic rings. The third kappa shape index (κ3) is 3.45. The molecule has 1 heterocycles. The van der Waals surface area contributed by atoms with Crippen LogP contribution in [0.3, 0.4) is 0 Å². The Morgan fingerprint density at radius 3 is 2.52 bits per heavy atom. The van der Waals surface area contributed by atoms with E-state index in [0.29, 0.717) is 5.88 Å². The summed E-state index contributed by atoms with van der Waals surface area (Å²) < 4.78 is 44.3. The SMILES string of the molecule is Cc1ccc(C)c(OCc2c(N)cccc2C(F)(F)F)n1. The molecule has 0 bridgehead atoms. The van der Waals surface area contributed by atoms with Crippen molar-refractivity contribution in [2.75, 3.05) is 5.73 Å². The number of ether oxygens (including phenoxy) is 1. The van der Waals surface area contributed by atoms with Crippen LogP contribution in [0, 0.1) is 13.8 Å². The van der Waals surface area contributed by atoms with E-state index in [2.05, 4.69) is 4.98 Å². The zero-order valence-corrected chi connectivity index (χ0v) is 11.7. The Balaban J connectivity index is 2.30. The number of aromatic nitrogens is 1. The Morgan fingerprint density at radius 2 is 1.86 bits per heavy atom. The second-order valence-corrected chi connectivity index (χ2v) is 4.73. The first kappa shape index (κ1) is 15.2. The molecule has 0 fully saturated rings. The van der Waals surface area contributed by atoms with E-state index >= 15 is 0 Å². The number of halogens is 3.